The average molecular weight is 288 g/mol. The van der Waals surface area contributed by atoms with E-state index >= 15 is 0 Å². The van der Waals surface area contributed by atoms with Gasteiger partial charge in [-0.3, -0.25) is 4.98 Å². The second kappa shape index (κ2) is 4.94. The number of phenols is 1. The van der Waals surface area contributed by atoms with E-state index in [0.29, 0.717) is 16.3 Å². The quantitative estimate of drug-likeness (QED) is 0.781. The van der Waals surface area contributed by atoms with Crippen LogP contribution >= 0.6 is 11.6 Å². The number of hydrogen-bond acceptors (Lipinski definition) is 5. The lowest BCUT2D eigenvalue weighted by Crippen LogP contribution is -1.87. The maximum atomic E-state index is 9.85. The van der Waals surface area contributed by atoms with Gasteiger partial charge in [-0.25, -0.2) is 0 Å². The predicted octanol–water partition coefficient (Wildman–Crippen LogP) is 3.47. The van der Waals surface area contributed by atoms with Crippen molar-refractivity contribution in [3.63, 3.8) is 0 Å². The van der Waals surface area contributed by atoms with Crippen molar-refractivity contribution in [3.05, 3.63) is 47.1 Å². The van der Waals surface area contributed by atoms with E-state index in [4.69, 9.17) is 16.1 Å². The van der Waals surface area contributed by atoms with E-state index in [1.165, 1.54) is 0 Å². The molecule has 0 fully saturated rings. The molecule has 0 aliphatic heterocycles. The van der Waals surface area contributed by atoms with Crippen LogP contribution in [-0.4, -0.2) is 20.2 Å². The second-order valence-electron chi connectivity index (χ2n) is 4.28. The van der Waals surface area contributed by atoms with Crippen LogP contribution in [0.25, 0.3) is 23.0 Å². The summed E-state index contributed by atoms with van der Waals surface area (Å²) in [6, 6.07) is 8.57. The van der Waals surface area contributed by atoms with Crippen LogP contribution in [0.5, 0.6) is 5.75 Å². The molecule has 0 saturated carbocycles. The van der Waals surface area contributed by atoms with Crippen molar-refractivity contribution in [3.8, 4) is 28.7 Å². The third kappa shape index (κ3) is 2.23. The van der Waals surface area contributed by atoms with Gasteiger partial charge in [0.15, 0.2) is 0 Å². The van der Waals surface area contributed by atoms with Crippen molar-refractivity contribution in [1.29, 1.82) is 0 Å². The van der Waals surface area contributed by atoms with Gasteiger partial charge in [0.2, 0.25) is 5.82 Å². The maximum absolute atomic E-state index is 9.85. The molecule has 3 rings (SSSR count). The second-order valence-corrected chi connectivity index (χ2v) is 4.68. The Morgan fingerprint density at radius 2 is 2.10 bits per heavy atom. The van der Waals surface area contributed by atoms with Crippen LogP contribution in [0.1, 0.15) is 5.56 Å². The highest BCUT2D eigenvalue weighted by Gasteiger charge is 2.16. The molecule has 0 aliphatic carbocycles. The van der Waals surface area contributed by atoms with Crippen LogP contribution in [0, 0.1) is 6.92 Å². The summed E-state index contributed by atoms with van der Waals surface area (Å²) >= 11 is 6.04. The molecular formula is C14H10ClN3O2. The Labute approximate surface area is 119 Å². The minimum absolute atomic E-state index is 0.0814. The van der Waals surface area contributed by atoms with Gasteiger partial charge in [-0.2, -0.15) is 4.98 Å². The topological polar surface area (TPSA) is 72.0 Å². The summed E-state index contributed by atoms with van der Waals surface area (Å²) in [4.78, 5) is 8.34. The van der Waals surface area contributed by atoms with Crippen LogP contribution in [0.3, 0.4) is 0 Å². The lowest BCUT2D eigenvalue weighted by atomic mass is 10.1. The van der Waals surface area contributed by atoms with E-state index in [-0.39, 0.29) is 17.5 Å². The first kappa shape index (κ1) is 12.6. The van der Waals surface area contributed by atoms with Gasteiger partial charge in [0.05, 0.1) is 10.6 Å². The molecule has 0 bridgehead atoms. The van der Waals surface area contributed by atoms with E-state index in [1.54, 1.807) is 36.5 Å². The highest BCUT2D eigenvalue weighted by atomic mass is 35.5. The van der Waals surface area contributed by atoms with Gasteiger partial charge in [-0.1, -0.05) is 28.4 Å². The van der Waals surface area contributed by atoms with E-state index < -0.39 is 0 Å². The van der Waals surface area contributed by atoms with Crippen molar-refractivity contribution in [2.24, 2.45) is 0 Å². The smallest absolute Gasteiger partial charge is 0.262 e. The highest BCUT2D eigenvalue weighted by molar-refractivity contribution is 6.32. The number of aromatic nitrogens is 3. The zero-order valence-electron chi connectivity index (χ0n) is 10.5. The number of phenolic OH excluding ortho intramolecular Hbond substituents is 1. The number of hydrogen-bond donors (Lipinski definition) is 1. The molecule has 1 aromatic carbocycles. The number of benzene rings is 1. The van der Waals surface area contributed by atoms with Gasteiger partial charge >= 0.3 is 0 Å². The molecule has 2 heterocycles. The minimum atomic E-state index is 0.0814. The number of aromatic hydroxyl groups is 1. The Balaban J connectivity index is 2.07. The Hall–Kier alpha value is -2.40. The Bertz CT molecular complexity index is 771. The number of pyridine rings is 1. The molecule has 3 aromatic rings. The fourth-order valence-corrected chi connectivity index (χ4v) is 2.01. The van der Waals surface area contributed by atoms with Crippen LogP contribution in [0.15, 0.2) is 41.1 Å². The first-order chi connectivity index (χ1) is 9.65. The molecule has 6 heteroatoms. The summed E-state index contributed by atoms with van der Waals surface area (Å²) in [5, 5.41) is 14.1. The summed E-state index contributed by atoms with van der Waals surface area (Å²) < 4.78 is 5.18. The van der Waals surface area contributed by atoms with Gasteiger partial charge < -0.3 is 9.63 Å². The SMILES string of the molecule is Cc1ccc(O)c(-c2nc(-c3ncccc3Cl)no2)c1. The molecule has 2 aromatic heterocycles. The van der Waals surface area contributed by atoms with Crippen molar-refractivity contribution in [1.82, 2.24) is 15.1 Å². The molecule has 0 amide bonds. The molecule has 20 heavy (non-hydrogen) atoms. The monoisotopic (exact) mass is 287 g/mol. The lowest BCUT2D eigenvalue weighted by molar-refractivity contribution is 0.425. The highest BCUT2D eigenvalue weighted by Crippen LogP contribution is 2.31. The van der Waals surface area contributed by atoms with Gasteiger partial charge in [0.25, 0.3) is 5.89 Å². The summed E-state index contributed by atoms with van der Waals surface area (Å²) in [5.41, 5.74) is 1.90. The van der Waals surface area contributed by atoms with Crippen molar-refractivity contribution >= 4 is 11.6 Å². The van der Waals surface area contributed by atoms with Crippen molar-refractivity contribution < 1.29 is 9.63 Å². The normalized spacial score (nSPS) is 10.7. The van der Waals surface area contributed by atoms with Crippen molar-refractivity contribution in [2.45, 2.75) is 6.92 Å². The Morgan fingerprint density at radius 3 is 2.90 bits per heavy atom. The number of aryl methyl sites for hydroxylation is 1. The van der Waals surface area contributed by atoms with E-state index in [2.05, 4.69) is 15.1 Å². The molecule has 1 N–H and O–H groups in total. The molecule has 0 radical (unpaired) electrons. The third-order valence-corrected chi connectivity index (χ3v) is 3.08. The largest absolute Gasteiger partial charge is 0.507 e. The number of rotatable bonds is 2. The van der Waals surface area contributed by atoms with Gasteiger partial charge in [-0.05, 0) is 31.2 Å². The average Bonchev–Trinajstić information content (AvgIpc) is 2.91. The third-order valence-electron chi connectivity index (χ3n) is 2.78. The first-order valence-corrected chi connectivity index (χ1v) is 6.27. The lowest BCUT2D eigenvalue weighted by Gasteiger charge is -2.00. The van der Waals surface area contributed by atoms with Crippen LogP contribution in [0.4, 0.5) is 0 Å². The molecule has 100 valence electrons. The number of halogens is 1. The zero-order chi connectivity index (χ0) is 14.1. The summed E-state index contributed by atoms with van der Waals surface area (Å²) in [6.45, 7) is 1.91. The van der Waals surface area contributed by atoms with Gasteiger partial charge in [0, 0.05) is 6.20 Å². The summed E-state index contributed by atoms with van der Waals surface area (Å²) in [5.74, 6) is 0.590. The molecular weight excluding hydrogens is 278 g/mol. The first-order valence-electron chi connectivity index (χ1n) is 5.90. The molecule has 0 atom stereocenters. The standard InChI is InChI=1S/C14H10ClN3O2/c1-8-4-5-11(19)9(7-8)14-17-13(18-20-14)12-10(15)3-2-6-16-12/h2-7,19H,1H3. The fourth-order valence-electron chi connectivity index (χ4n) is 1.80. The molecule has 0 aliphatic rings. The van der Waals surface area contributed by atoms with E-state index in [0.717, 1.165) is 5.56 Å². The Kier molecular flexibility index (Phi) is 3.12. The summed E-state index contributed by atoms with van der Waals surface area (Å²) in [6.07, 6.45) is 1.60. The Morgan fingerprint density at radius 1 is 1.25 bits per heavy atom. The number of nitrogens with zero attached hydrogens (tertiary/aromatic N) is 3. The predicted molar refractivity (Wildman–Crippen MR) is 74.4 cm³/mol. The van der Waals surface area contributed by atoms with Crippen molar-refractivity contribution in [2.75, 3.05) is 0 Å². The van der Waals surface area contributed by atoms with Gasteiger partial charge in [0.1, 0.15) is 11.4 Å². The molecule has 0 spiro atoms. The summed E-state index contributed by atoms with van der Waals surface area (Å²) in [7, 11) is 0. The molecule has 5 nitrogen and oxygen atoms in total. The van der Waals surface area contributed by atoms with Crippen LogP contribution < -0.4 is 0 Å². The van der Waals surface area contributed by atoms with E-state index in [9.17, 15) is 5.11 Å². The van der Waals surface area contributed by atoms with Crippen LogP contribution in [0.2, 0.25) is 5.02 Å². The van der Waals surface area contributed by atoms with Crippen LogP contribution in [-0.2, 0) is 0 Å². The zero-order valence-corrected chi connectivity index (χ0v) is 11.3. The molecule has 0 unspecified atom stereocenters. The van der Waals surface area contributed by atoms with Gasteiger partial charge in [-0.15, -0.1) is 0 Å². The maximum Gasteiger partial charge on any atom is 0.262 e. The van der Waals surface area contributed by atoms with E-state index in [1.807, 2.05) is 6.92 Å². The fraction of sp³-hybridized carbons (Fsp3) is 0.0714. The molecule has 0 saturated heterocycles. The minimum Gasteiger partial charge on any atom is -0.507 e.